The summed E-state index contributed by atoms with van der Waals surface area (Å²) in [6.07, 6.45) is -0.167. The summed E-state index contributed by atoms with van der Waals surface area (Å²) in [5.41, 5.74) is 0. The van der Waals surface area contributed by atoms with Crippen molar-refractivity contribution in [1.82, 2.24) is 0 Å². The van der Waals surface area contributed by atoms with Gasteiger partial charge in [0.2, 0.25) is 0 Å². The van der Waals surface area contributed by atoms with Crippen LogP contribution < -0.4 is 0 Å². The number of hydrogen-bond donors (Lipinski definition) is 1. The minimum absolute atomic E-state index is 0. The Morgan fingerprint density at radius 3 is 1.33 bits per heavy atom. The maximum absolute atomic E-state index is 8.06. The largest absolute Gasteiger partial charge is 0 e. The molecule has 0 radical (unpaired) electrons. The SMILES string of the molecule is CC(C)O.[SrH2].[Ti]. The van der Waals surface area contributed by atoms with E-state index < -0.39 is 0 Å². The van der Waals surface area contributed by atoms with E-state index in [0.29, 0.717) is 0 Å². The predicted octanol–water partition coefficient (Wildman–Crippen LogP) is -0.532. The summed E-state index contributed by atoms with van der Waals surface area (Å²) in [5, 5.41) is 8.06. The zero-order valence-electron chi connectivity index (χ0n) is 3.52. The summed E-state index contributed by atoms with van der Waals surface area (Å²) in [6.45, 7) is 3.44. The molecular formula is C3H10OSrTi. The van der Waals surface area contributed by atoms with Crippen molar-refractivity contribution in [1.29, 1.82) is 0 Å². The van der Waals surface area contributed by atoms with E-state index in [1.807, 2.05) is 0 Å². The summed E-state index contributed by atoms with van der Waals surface area (Å²) in [6, 6.07) is 0. The fourth-order valence-electron chi connectivity index (χ4n) is 0. The average molecular weight is 198 g/mol. The van der Waals surface area contributed by atoms with E-state index in [0.717, 1.165) is 0 Å². The summed E-state index contributed by atoms with van der Waals surface area (Å²) < 4.78 is 0. The van der Waals surface area contributed by atoms with Crippen molar-refractivity contribution in [3.63, 3.8) is 0 Å². The van der Waals surface area contributed by atoms with Crippen LogP contribution in [0.4, 0.5) is 0 Å². The fraction of sp³-hybridized carbons (Fsp3) is 1.00. The van der Waals surface area contributed by atoms with Gasteiger partial charge < -0.3 is 5.11 Å². The standard InChI is InChI=1S/C3H8O.Sr.Ti.2H/c1-3(2)4;;;;/h3-4H,1-2H3;;;;. The summed E-state index contributed by atoms with van der Waals surface area (Å²) in [4.78, 5) is 0. The van der Waals surface area contributed by atoms with Crippen LogP contribution in [0, 0.1) is 0 Å². The van der Waals surface area contributed by atoms with Gasteiger partial charge in [0.15, 0.2) is 0 Å². The van der Waals surface area contributed by atoms with E-state index in [1.165, 1.54) is 0 Å². The Morgan fingerprint density at radius 1 is 1.33 bits per heavy atom. The third kappa shape index (κ3) is 35.2. The molecule has 34 valence electrons. The summed E-state index contributed by atoms with van der Waals surface area (Å²) >= 11 is 0. The molecular weight excluding hydrogens is 188 g/mol. The predicted molar refractivity (Wildman–Crippen MR) is 25.9 cm³/mol. The van der Waals surface area contributed by atoms with E-state index in [-0.39, 0.29) is 73.3 Å². The monoisotopic (exact) mass is 198 g/mol. The molecule has 1 N–H and O–H groups in total. The van der Waals surface area contributed by atoms with Crippen molar-refractivity contribution in [2.75, 3.05) is 0 Å². The first kappa shape index (κ1) is 15.7. The first-order valence-electron chi connectivity index (χ1n) is 1.41. The van der Waals surface area contributed by atoms with Crippen LogP contribution in [0.5, 0.6) is 0 Å². The zero-order valence-corrected chi connectivity index (χ0v) is 5.09. The van der Waals surface area contributed by atoms with Crippen molar-refractivity contribution in [3.8, 4) is 0 Å². The van der Waals surface area contributed by atoms with E-state index in [2.05, 4.69) is 0 Å². The molecule has 6 heavy (non-hydrogen) atoms. The van der Waals surface area contributed by atoms with Gasteiger partial charge in [-0.1, -0.05) is 0 Å². The van der Waals surface area contributed by atoms with Gasteiger partial charge in [-0.3, -0.25) is 0 Å². The molecule has 0 saturated carbocycles. The Bertz CT molecular complexity index is 15.5. The maximum atomic E-state index is 8.06. The molecule has 0 saturated heterocycles. The average Bonchev–Trinajstić information content (AvgIpc) is 0.811. The second-order valence-electron chi connectivity index (χ2n) is 1.09. The number of rotatable bonds is 0. The second kappa shape index (κ2) is 10.2. The van der Waals surface area contributed by atoms with Gasteiger partial charge in [-0.05, 0) is 13.8 Å². The molecule has 0 amide bonds. The first-order valence-corrected chi connectivity index (χ1v) is 1.41. The topological polar surface area (TPSA) is 20.2 Å². The smallest absolute Gasteiger partial charge is 0 e. The molecule has 0 bridgehead atoms. The number of hydrogen-bond acceptors (Lipinski definition) is 1. The molecule has 0 heterocycles. The van der Waals surface area contributed by atoms with Gasteiger partial charge in [0.05, 0.1) is 0 Å². The summed E-state index contributed by atoms with van der Waals surface area (Å²) in [7, 11) is 0. The summed E-state index contributed by atoms with van der Waals surface area (Å²) in [5.74, 6) is 0. The van der Waals surface area contributed by atoms with Crippen LogP contribution in [0.3, 0.4) is 0 Å². The Labute approximate surface area is 90.7 Å². The normalized spacial score (nSPS) is 6.00. The fourth-order valence-corrected chi connectivity index (χ4v) is 0. The van der Waals surface area contributed by atoms with Crippen LogP contribution in [0.15, 0.2) is 0 Å². The molecule has 0 atom stereocenters. The Balaban J connectivity index is -0.0000000450. The number of aliphatic hydroxyl groups is 1. The Morgan fingerprint density at radius 2 is 1.33 bits per heavy atom. The van der Waals surface area contributed by atoms with Crippen LogP contribution >= 0.6 is 0 Å². The van der Waals surface area contributed by atoms with Gasteiger partial charge >= 0.3 is 45.5 Å². The second-order valence-corrected chi connectivity index (χ2v) is 1.09. The Hall–Kier alpha value is 2.15. The number of aliphatic hydroxyl groups excluding tert-OH is 1. The van der Waals surface area contributed by atoms with E-state index >= 15 is 0 Å². The van der Waals surface area contributed by atoms with Crippen molar-refractivity contribution >= 4 is 45.5 Å². The molecule has 0 spiro atoms. The molecule has 0 unspecified atom stereocenters. The minimum Gasteiger partial charge on any atom is 0 e. The van der Waals surface area contributed by atoms with Crippen LogP contribution in [0.25, 0.3) is 0 Å². The third-order valence-electron chi connectivity index (χ3n) is 0. The molecule has 0 aromatic carbocycles. The van der Waals surface area contributed by atoms with Gasteiger partial charge in [-0.15, -0.1) is 0 Å². The van der Waals surface area contributed by atoms with E-state index in [1.54, 1.807) is 13.8 Å². The van der Waals surface area contributed by atoms with Crippen molar-refractivity contribution in [3.05, 3.63) is 0 Å². The van der Waals surface area contributed by atoms with Crippen LogP contribution in [-0.2, 0) is 21.7 Å². The van der Waals surface area contributed by atoms with E-state index in [9.17, 15) is 0 Å². The zero-order chi connectivity index (χ0) is 3.58. The van der Waals surface area contributed by atoms with Crippen molar-refractivity contribution in [2.45, 2.75) is 20.0 Å². The van der Waals surface area contributed by atoms with E-state index in [4.69, 9.17) is 5.11 Å². The maximum Gasteiger partial charge on any atom is 0 e. The van der Waals surface area contributed by atoms with Gasteiger partial charge in [-0.25, -0.2) is 0 Å². The third-order valence-corrected chi connectivity index (χ3v) is 0. The van der Waals surface area contributed by atoms with Gasteiger partial charge in [-0.2, -0.15) is 0 Å². The quantitative estimate of drug-likeness (QED) is 0.518. The Kier molecular flexibility index (Phi) is 26.7. The minimum atomic E-state index is -0.167. The van der Waals surface area contributed by atoms with Crippen LogP contribution in [-0.4, -0.2) is 56.7 Å². The molecule has 0 aliphatic carbocycles. The molecule has 1 nitrogen and oxygen atoms in total. The molecule has 0 fully saturated rings. The molecule has 0 aromatic rings. The molecule has 0 aromatic heterocycles. The molecule has 3 heteroatoms. The van der Waals surface area contributed by atoms with Crippen LogP contribution in [0.2, 0.25) is 0 Å². The van der Waals surface area contributed by atoms with Gasteiger partial charge in [0.25, 0.3) is 0 Å². The van der Waals surface area contributed by atoms with Gasteiger partial charge in [0, 0.05) is 27.8 Å². The molecule has 0 rings (SSSR count). The first-order chi connectivity index (χ1) is 1.73. The van der Waals surface area contributed by atoms with Crippen molar-refractivity contribution < 1.29 is 26.8 Å². The van der Waals surface area contributed by atoms with Crippen LogP contribution in [0.1, 0.15) is 13.8 Å². The van der Waals surface area contributed by atoms with Gasteiger partial charge in [0.1, 0.15) is 0 Å². The molecule has 0 aliphatic rings. The van der Waals surface area contributed by atoms with Crippen molar-refractivity contribution in [2.24, 2.45) is 0 Å². The molecule has 0 aliphatic heterocycles.